The van der Waals surface area contributed by atoms with Crippen LogP contribution in [0.15, 0.2) is 5.38 Å². The molecule has 90 valence electrons. The molecule has 3 nitrogen and oxygen atoms in total. The van der Waals surface area contributed by atoms with E-state index in [0.717, 1.165) is 24.6 Å². The van der Waals surface area contributed by atoms with Gasteiger partial charge in [-0.3, -0.25) is 0 Å². The SMILES string of the molecule is CCC1(CNCc2csc(C)n2)CCNC1. The average molecular weight is 239 g/mol. The van der Waals surface area contributed by atoms with Crippen molar-refractivity contribution in [3.05, 3.63) is 16.1 Å². The van der Waals surface area contributed by atoms with E-state index in [9.17, 15) is 0 Å². The molecular formula is C12H21N3S. The largest absolute Gasteiger partial charge is 0.316 e. The van der Waals surface area contributed by atoms with E-state index in [-0.39, 0.29) is 0 Å². The standard InChI is InChI=1S/C12H21N3S/c1-3-12(4-5-13-8-12)9-14-6-11-7-16-10(2)15-11/h7,13-14H,3-6,8-9H2,1-2H3. The molecule has 0 aromatic carbocycles. The van der Waals surface area contributed by atoms with Gasteiger partial charge in [0, 0.05) is 25.0 Å². The number of thiazole rings is 1. The van der Waals surface area contributed by atoms with Crippen LogP contribution in [-0.4, -0.2) is 24.6 Å². The van der Waals surface area contributed by atoms with E-state index in [4.69, 9.17) is 0 Å². The summed E-state index contributed by atoms with van der Waals surface area (Å²) in [5, 5.41) is 10.3. The van der Waals surface area contributed by atoms with Crippen LogP contribution < -0.4 is 10.6 Å². The molecule has 1 aliphatic rings. The average Bonchev–Trinajstić information content (AvgIpc) is 2.89. The van der Waals surface area contributed by atoms with Crippen LogP contribution in [0.4, 0.5) is 0 Å². The Hall–Kier alpha value is -0.450. The highest BCUT2D eigenvalue weighted by Gasteiger charge is 2.31. The summed E-state index contributed by atoms with van der Waals surface area (Å²) < 4.78 is 0. The molecule has 0 bridgehead atoms. The molecule has 0 saturated carbocycles. The maximum absolute atomic E-state index is 4.46. The number of nitrogens with zero attached hydrogens (tertiary/aromatic N) is 1. The Morgan fingerprint density at radius 1 is 1.62 bits per heavy atom. The van der Waals surface area contributed by atoms with Crippen molar-refractivity contribution in [1.29, 1.82) is 0 Å². The van der Waals surface area contributed by atoms with Crippen molar-refractivity contribution in [2.45, 2.75) is 33.2 Å². The Bertz CT molecular complexity index is 329. The molecule has 1 aromatic rings. The van der Waals surface area contributed by atoms with Crippen LogP contribution >= 0.6 is 11.3 Å². The van der Waals surface area contributed by atoms with Gasteiger partial charge in [0.25, 0.3) is 0 Å². The van der Waals surface area contributed by atoms with E-state index in [1.54, 1.807) is 11.3 Å². The van der Waals surface area contributed by atoms with Crippen molar-refractivity contribution in [2.24, 2.45) is 5.41 Å². The molecule has 0 aliphatic carbocycles. The third kappa shape index (κ3) is 2.81. The van der Waals surface area contributed by atoms with Gasteiger partial charge in [0.1, 0.15) is 0 Å². The number of hydrogen-bond acceptors (Lipinski definition) is 4. The summed E-state index contributed by atoms with van der Waals surface area (Å²) in [4.78, 5) is 4.46. The summed E-state index contributed by atoms with van der Waals surface area (Å²) in [5.74, 6) is 0. The zero-order chi connectivity index (χ0) is 11.4. The molecule has 1 fully saturated rings. The Morgan fingerprint density at radius 3 is 3.06 bits per heavy atom. The lowest BCUT2D eigenvalue weighted by atomic mass is 9.84. The highest BCUT2D eigenvalue weighted by Crippen LogP contribution is 2.28. The van der Waals surface area contributed by atoms with Crippen LogP contribution in [0.2, 0.25) is 0 Å². The van der Waals surface area contributed by atoms with Gasteiger partial charge in [0.05, 0.1) is 10.7 Å². The first-order valence-corrected chi connectivity index (χ1v) is 6.94. The predicted octanol–water partition coefficient (Wildman–Crippen LogP) is 1.93. The summed E-state index contributed by atoms with van der Waals surface area (Å²) in [5.41, 5.74) is 1.66. The van der Waals surface area contributed by atoms with E-state index in [0.29, 0.717) is 5.41 Å². The maximum Gasteiger partial charge on any atom is 0.0897 e. The van der Waals surface area contributed by atoms with Crippen LogP contribution in [0.25, 0.3) is 0 Å². The third-order valence-electron chi connectivity index (χ3n) is 3.55. The molecule has 1 aliphatic heterocycles. The minimum absolute atomic E-state index is 0.477. The summed E-state index contributed by atoms with van der Waals surface area (Å²) in [6.45, 7) is 8.70. The van der Waals surface area contributed by atoms with Gasteiger partial charge in [0.15, 0.2) is 0 Å². The van der Waals surface area contributed by atoms with Gasteiger partial charge >= 0.3 is 0 Å². The fourth-order valence-electron chi connectivity index (χ4n) is 2.32. The molecule has 0 spiro atoms. The smallest absolute Gasteiger partial charge is 0.0897 e. The second-order valence-corrected chi connectivity index (χ2v) is 5.80. The molecule has 1 aromatic heterocycles. The first-order chi connectivity index (χ1) is 7.74. The van der Waals surface area contributed by atoms with Crippen molar-refractivity contribution in [3.63, 3.8) is 0 Å². The molecular weight excluding hydrogens is 218 g/mol. The van der Waals surface area contributed by atoms with Crippen molar-refractivity contribution >= 4 is 11.3 Å². The van der Waals surface area contributed by atoms with Crippen molar-refractivity contribution < 1.29 is 0 Å². The number of aromatic nitrogens is 1. The summed E-state index contributed by atoms with van der Waals surface area (Å²) in [6.07, 6.45) is 2.55. The van der Waals surface area contributed by atoms with Gasteiger partial charge in [-0.2, -0.15) is 0 Å². The summed E-state index contributed by atoms with van der Waals surface area (Å²) >= 11 is 1.73. The first kappa shape index (κ1) is 12.0. The second kappa shape index (κ2) is 5.25. The number of nitrogens with one attached hydrogen (secondary N) is 2. The van der Waals surface area contributed by atoms with Crippen LogP contribution in [0.5, 0.6) is 0 Å². The molecule has 16 heavy (non-hydrogen) atoms. The molecule has 1 saturated heterocycles. The van der Waals surface area contributed by atoms with Crippen LogP contribution in [0, 0.1) is 12.3 Å². The lowest BCUT2D eigenvalue weighted by Gasteiger charge is -2.26. The van der Waals surface area contributed by atoms with Gasteiger partial charge in [0.2, 0.25) is 0 Å². The van der Waals surface area contributed by atoms with Gasteiger partial charge in [-0.05, 0) is 31.7 Å². The van der Waals surface area contributed by atoms with E-state index < -0.39 is 0 Å². The molecule has 1 atom stereocenters. The van der Waals surface area contributed by atoms with Gasteiger partial charge in [-0.15, -0.1) is 11.3 Å². The van der Waals surface area contributed by atoms with Crippen molar-refractivity contribution in [2.75, 3.05) is 19.6 Å². The monoisotopic (exact) mass is 239 g/mol. The lowest BCUT2D eigenvalue weighted by molar-refractivity contribution is 0.291. The van der Waals surface area contributed by atoms with Crippen molar-refractivity contribution in [1.82, 2.24) is 15.6 Å². The topological polar surface area (TPSA) is 37.0 Å². The fourth-order valence-corrected chi connectivity index (χ4v) is 2.93. The molecule has 1 unspecified atom stereocenters. The molecule has 4 heteroatoms. The molecule has 2 rings (SSSR count). The molecule has 0 radical (unpaired) electrons. The Labute approximate surface area is 102 Å². The number of hydrogen-bond donors (Lipinski definition) is 2. The van der Waals surface area contributed by atoms with Crippen LogP contribution in [-0.2, 0) is 6.54 Å². The first-order valence-electron chi connectivity index (χ1n) is 6.06. The zero-order valence-electron chi connectivity index (χ0n) is 10.2. The minimum atomic E-state index is 0.477. The number of aryl methyl sites for hydroxylation is 1. The predicted molar refractivity (Wildman–Crippen MR) is 68.8 cm³/mol. The van der Waals surface area contributed by atoms with E-state index in [1.165, 1.54) is 25.1 Å². The molecule has 2 N–H and O–H groups in total. The normalized spacial score (nSPS) is 25.1. The fraction of sp³-hybridized carbons (Fsp3) is 0.750. The molecule has 2 heterocycles. The van der Waals surface area contributed by atoms with Crippen molar-refractivity contribution in [3.8, 4) is 0 Å². The molecule has 0 amide bonds. The minimum Gasteiger partial charge on any atom is -0.316 e. The highest BCUT2D eigenvalue weighted by atomic mass is 32.1. The highest BCUT2D eigenvalue weighted by molar-refractivity contribution is 7.09. The van der Waals surface area contributed by atoms with E-state index in [1.807, 2.05) is 0 Å². The van der Waals surface area contributed by atoms with Gasteiger partial charge < -0.3 is 10.6 Å². The second-order valence-electron chi connectivity index (χ2n) is 4.74. The summed E-state index contributed by atoms with van der Waals surface area (Å²) in [6, 6.07) is 0. The summed E-state index contributed by atoms with van der Waals surface area (Å²) in [7, 11) is 0. The lowest BCUT2D eigenvalue weighted by Crippen LogP contribution is -2.35. The quantitative estimate of drug-likeness (QED) is 0.824. The Morgan fingerprint density at radius 2 is 2.50 bits per heavy atom. The van der Waals surface area contributed by atoms with E-state index >= 15 is 0 Å². The van der Waals surface area contributed by atoms with Gasteiger partial charge in [-0.1, -0.05) is 6.92 Å². The van der Waals surface area contributed by atoms with Crippen LogP contribution in [0.3, 0.4) is 0 Å². The maximum atomic E-state index is 4.46. The zero-order valence-corrected chi connectivity index (χ0v) is 11.0. The third-order valence-corrected chi connectivity index (χ3v) is 4.38. The van der Waals surface area contributed by atoms with Crippen LogP contribution in [0.1, 0.15) is 30.5 Å². The Balaban J connectivity index is 1.78. The van der Waals surface area contributed by atoms with E-state index in [2.05, 4.69) is 34.8 Å². The Kier molecular flexibility index (Phi) is 3.95. The number of rotatable bonds is 5. The van der Waals surface area contributed by atoms with Gasteiger partial charge in [-0.25, -0.2) is 4.98 Å².